The van der Waals surface area contributed by atoms with Gasteiger partial charge in [0.05, 0.1) is 12.1 Å². The van der Waals surface area contributed by atoms with Gasteiger partial charge in [0, 0.05) is 34.1 Å². The van der Waals surface area contributed by atoms with Gasteiger partial charge in [-0.05, 0) is 29.8 Å². The summed E-state index contributed by atoms with van der Waals surface area (Å²) >= 11 is 0. The Morgan fingerprint density at radius 2 is 1.62 bits per heavy atom. The van der Waals surface area contributed by atoms with Crippen LogP contribution in [0.1, 0.15) is 0 Å². The normalized spacial score (nSPS) is 11.4. The van der Waals surface area contributed by atoms with Gasteiger partial charge in [0.1, 0.15) is 5.75 Å². The van der Waals surface area contributed by atoms with Gasteiger partial charge in [0.15, 0.2) is 0 Å². The molecule has 0 spiro atoms. The number of aliphatic hydroxyl groups excluding tert-OH is 1. The number of para-hydroxylation sites is 1. The van der Waals surface area contributed by atoms with Gasteiger partial charge < -0.3 is 20.5 Å². The van der Waals surface area contributed by atoms with E-state index < -0.39 is 0 Å². The van der Waals surface area contributed by atoms with Crippen molar-refractivity contribution in [3.05, 3.63) is 60.7 Å². The maximum absolute atomic E-state index is 9.49. The third-order valence-corrected chi connectivity index (χ3v) is 4.48. The molecule has 4 N–H and O–H groups in total. The Kier molecular flexibility index (Phi) is 3.40. The van der Waals surface area contributed by atoms with Gasteiger partial charge in [0.25, 0.3) is 0 Å². The number of fused-ring (bicyclic) bond motifs is 3. The Hall–Kier alpha value is -2.98. The number of aliphatic hydroxyl groups is 1. The van der Waals surface area contributed by atoms with Crippen molar-refractivity contribution in [2.24, 2.45) is 0 Å². The van der Waals surface area contributed by atoms with Gasteiger partial charge in [-0.25, -0.2) is 0 Å². The number of hydrogen-bond acceptors (Lipinski definition) is 3. The third-order valence-electron chi connectivity index (χ3n) is 4.48. The molecule has 4 heteroatoms. The van der Waals surface area contributed by atoms with Crippen LogP contribution in [0.25, 0.3) is 32.9 Å². The molecule has 0 saturated carbocycles. The van der Waals surface area contributed by atoms with Crippen molar-refractivity contribution >= 4 is 27.5 Å². The van der Waals surface area contributed by atoms with Crippen LogP contribution in [0, 0.1) is 0 Å². The number of phenols is 1. The molecule has 3 aromatic carbocycles. The Morgan fingerprint density at radius 1 is 0.875 bits per heavy atom. The van der Waals surface area contributed by atoms with E-state index in [2.05, 4.69) is 10.6 Å². The number of rotatable bonds is 3. The summed E-state index contributed by atoms with van der Waals surface area (Å²) in [7, 11) is 0. The number of nitrogens with zero attached hydrogens (tertiary/aromatic N) is 1. The summed E-state index contributed by atoms with van der Waals surface area (Å²) in [6, 6.07) is 19.2. The molecular formula is C20H18N2O2. The predicted molar refractivity (Wildman–Crippen MR) is 98.0 cm³/mol. The van der Waals surface area contributed by atoms with Gasteiger partial charge in [-0.3, -0.25) is 0 Å². The summed E-state index contributed by atoms with van der Waals surface area (Å²) < 4.78 is 2.10. The number of phenolic OH excluding ortho intramolecular Hbond substituents is 1. The van der Waals surface area contributed by atoms with Crippen molar-refractivity contribution in [3.63, 3.8) is 0 Å². The Bertz CT molecular complexity index is 1030. The van der Waals surface area contributed by atoms with E-state index >= 15 is 0 Å². The lowest BCUT2D eigenvalue weighted by Gasteiger charge is -2.09. The van der Waals surface area contributed by atoms with E-state index in [-0.39, 0.29) is 12.4 Å². The summed E-state index contributed by atoms with van der Waals surface area (Å²) in [4.78, 5) is 0. The zero-order valence-corrected chi connectivity index (χ0v) is 13.1. The van der Waals surface area contributed by atoms with Crippen molar-refractivity contribution in [2.75, 3.05) is 12.3 Å². The van der Waals surface area contributed by atoms with E-state index in [0.717, 1.165) is 32.9 Å². The van der Waals surface area contributed by atoms with Crippen LogP contribution in [-0.4, -0.2) is 21.4 Å². The molecule has 1 heterocycles. The third kappa shape index (κ3) is 2.12. The number of hydrogen-bond donors (Lipinski definition) is 3. The van der Waals surface area contributed by atoms with Crippen LogP contribution >= 0.6 is 0 Å². The molecule has 4 nitrogen and oxygen atoms in total. The maximum atomic E-state index is 9.49. The van der Waals surface area contributed by atoms with Crippen molar-refractivity contribution in [3.8, 4) is 16.9 Å². The van der Waals surface area contributed by atoms with E-state index in [1.54, 1.807) is 12.1 Å². The lowest BCUT2D eigenvalue weighted by Crippen LogP contribution is -2.01. The van der Waals surface area contributed by atoms with Crippen LogP contribution in [0.4, 0.5) is 5.69 Å². The molecule has 0 aliphatic carbocycles. The largest absolute Gasteiger partial charge is 0.508 e. The molecule has 120 valence electrons. The number of nitrogens with two attached hydrogens (primary N) is 1. The highest BCUT2D eigenvalue weighted by molar-refractivity contribution is 6.16. The molecule has 24 heavy (non-hydrogen) atoms. The molecule has 0 amide bonds. The van der Waals surface area contributed by atoms with Gasteiger partial charge >= 0.3 is 0 Å². The molecule has 0 radical (unpaired) electrons. The van der Waals surface area contributed by atoms with E-state index in [0.29, 0.717) is 12.2 Å². The topological polar surface area (TPSA) is 71.4 Å². The lowest BCUT2D eigenvalue weighted by molar-refractivity contribution is 0.280. The fourth-order valence-corrected chi connectivity index (χ4v) is 3.40. The molecule has 0 bridgehead atoms. The van der Waals surface area contributed by atoms with E-state index in [1.165, 1.54) is 0 Å². The van der Waals surface area contributed by atoms with Crippen LogP contribution in [0.5, 0.6) is 5.75 Å². The van der Waals surface area contributed by atoms with Crippen LogP contribution in [0.3, 0.4) is 0 Å². The van der Waals surface area contributed by atoms with Crippen molar-refractivity contribution in [2.45, 2.75) is 6.54 Å². The average Bonchev–Trinajstić information content (AvgIpc) is 2.92. The number of anilines is 1. The number of benzene rings is 3. The predicted octanol–water partition coefficient (Wildman–Crippen LogP) is 3.74. The molecule has 0 aliphatic heterocycles. The zero-order valence-electron chi connectivity index (χ0n) is 13.1. The first kappa shape index (κ1) is 14.6. The summed E-state index contributed by atoms with van der Waals surface area (Å²) in [6.45, 7) is 0.607. The highest BCUT2D eigenvalue weighted by atomic mass is 16.3. The summed E-state index contributed by atoms with van der Waals surface area (Å²) in [5.41, 5.74) is 11.2. The van der Waals surface area contributed by atoms with Crippen LogP contribution in [0.2, 0.25) is 0 Å². The van der Waals surface area contributed by atoms with Crippen molar-refractivity contribution in [1.82, 2.24) is 4.57 Å². The second-order valence-electron chi connectivity index (χ2n) is 5.86. The molecule has 4 rings (SSSR count). The Balaban J connectivity index is 2.05. The number of aromatic hydroxyl groups is 1. The monoisotopic (exact) mass is 318 g/mol. The Morgan fingerprint density at radius 3 is 2.38 bits per heavy atom. The van der Waals surface area contributed by atoms with Gasteiger partial charge in [-0.2, -0.15) is 0 Å². The van der Waals surface area contributed by atoms with Crippen LogP contribution in [0.15, 0.2) is 60.7 Å². The highest BCUT2D eigenvalue weighted by Crippen LogP contribution is 2.38. The van der Waals surface area contributed by atoms with Gasteiger partial charge in [-0.15, -0.1) is 0 Å². The van der Waals surface area contributed by atoms with Crippen LogP contribution < -0.4 is 5.73 Å². The number of aromatic nitrogens is 1. The fraction of sp³-hybridized carbons (Fsp3) is 0.100. The second-order valence-corrected chi connectivity index (χ2v) is 5.86. The maximum Gasteiger partial charge on any atom is 0.115 e. The minimum absolute atomic E-state index is 0.0768. The summed E-state index contributed by atoms with van der Waals surface area (Å²) in [5, 5.41) is 21.0. The average molecular weight is 318 g/mol. The van der Waals surface area contributed by atoms with Crippen LogP contribution in [-0.2, 0) is 6.54 Å². The molecule has 1 aromatic heterocycles. The molecule has 0 unspecified atom stereocenters. The highest BCUT2D eigenvalue weighted by Gasteiger charge is 2.15. The first-order chi connectivity index (χ1) is 11.7. The molecule has 0 atom stereocenters. The lowest BCUT2D eigenvalue weighted by atomic mass is 10.00. The fourth-order valence-electron chi connectivity index (χ4n) is 3.40. The van der Waals surface area contributed by atoms with Crippen molar-refractivity contribution < 1.29 is 10.2 Å². The van der Waals surface area contributed by atoms with Gasteiger partial charge in [-0.1, -0.05) is 36.4 Å². The summed E-state index contributed by atoms with van der Waals surface area (Å²) in [6.07, 6.45) is 0. The second kappa shape index (κ2) is 5.58. The molecule has 4 aromatic rings. The first-order valence-electron chi connectivity index (χ1n) is 7.90. The summed E-state index contributed by atoms with van der Waals surface area (Å²) in [5.74, 6) is 0.234. The van der Waals surface area contributed by atoms with E-state index in [9.17, 15) is 10.2 Å². The minimum atomic E-state index is 0.0768. The Labute approximate surface area is 139 Å². The molecule has 0 fully saturated rings. The molecular weight excluding hydrogens is 300 g/mol. The molecule has 0 aliphatic rings. The van der Waals surface area contributed by atoms with E-state index in [1.807, 2.05) is 42.5 Å². The standard InChI is InChI=1S/C20H18N2O2/c21-20-15(13-5-7-14(24)8-6-13)9-10-18-19(20)16-3-1-2-4-17(16)22(18)11-12-23/h1-10,23-24H,11-12,21H2. The SMILES string of the molecule is Nc1c(-c2ccc(O)cc2)ccc2c1c1ccccc1n2CCO. The quantitative estimate of drug-likeness (QED) is 0.504. The number of nitrogen functional groups attached to an aromatic ring is 1. The molecule has 0 saturated heterocycles. The van der Waals surface area contributed by atoms with E-state index in [4.69, 9.17) is 5.73 Å². The zero-order chi connectivity index (χ0) is 16.7. The smallest absolute Gasteiger partial charge is 0.115 e. The first-order valence-corrected chi connectivity index (χ1v) is 7.90. The minimum Gasteiger partial charge on any atom is -0.508 e. The van der Waals surface area contributed by atoms with Gasteiger partial charge in [0.2, 0.25) is 0 Å². The van der Waals surface area contributed by atoms with Crippen molar-refractivity contribution in [1.29, 1.82) is 0 Å².